The lowest BCUT2D eigenvalue weighted by Gasteiger charge is -2.00. The predicted molar refractivity (Wildman–Crippen MR) is 95.8 cm³/mol. The zero-order valence-corrected chi connectivity index (χ0v) is 13.7. The van der Waals surface area contributed by atoms with Gasteiger partial charge in [-0.25, -0.2) is 4.98 Å². The third kappa shape index (κ3) is 3.20. The number of rotatable bonds is 5. The fourth-order valence-electron chi connectivity index (χ4n) is 2.64. The zero-order chi connectivity index (χ0) is 16.4. The Bertz CT molecular complexity index is 923. The molecule has 2 N–H and O–H groups in total. The second kappa shape index (κ2) is 6.51. The van der Waals surface area contributed by atoms with Crippen LogP contribution in [0.2, 0.25) is 5.02 Å². The van der Waals surface area contributed by atoms with Crippen LogP contribution in [0.25, 0.3) is 22.4 Å². The Morgan fingerprint density at radius 1 is 0.958 bits per heavy atom. The van der Waals surface area contributed by atoms with Crippen LogP contribution in [0.15, 0.2) is 65.1 Å². The number of nitrogens with one attached hydrogen (secondary N) is 2. The molecule has 0 aliphatic rings. The molecule has 2 aromatic carbocycles. The van der Waals surface area contributed by atoms with Gasteiger partial charge < -0.3 is 14.7 Å². The summed E-state index contributed by atoms with van der Waals surface area (Å²) in [5.41, 5.74) is 3.05. The number of hydrogen-bond acceptors (Lipinski definition) is 3. The van der Waals surface area contributed by atoms with Crippen LogP contribution in [0.5, 0.6) is 0 Å². The molecule has 0 amide bonds. The van der Waals surface area contributed by atoms with E-state index in [1.807, 2.05) is 60.7 Å². The van der Waals surface area contributed by atoms with Crippen molar-refractivity contribution in [3.8, 4) is 11.3 Å². The molecule has 0 saturated carbocycles. The highest BCUT2D eigenvalue weighted by Crippen LogP contribution is 2.23. The molecule has 0 saturated heterocycles. The smallest absolute Gasteiger partial charge is 0.134 e. The second-order valence-electron chi connectivity index (χ2n) is 5.58. The van der Waals surface area contributed by atoms with E-state index in [2.05, 4.69) is 15.3 Å². The maximum absolute atomic E-state index is 5.91. The van der Waals surface area contributed by atoms with Gasteiger partial charge in [0.05, 0.1) is 24.1 Å². The molecule has 0 atom stereocenters. The Labute approximate surface area is 144 Å². The van der Waals surface area contributed by atoms with E-state index >= 15 is 0 Å². The maximum atomic E-state index is 5.91. The molecule has 24 heavy (non-hydrogen) atoms. The highest BCUT2D eigenvalue weighted by atomic mass is 35.5. The number of aromatic amines is 1. The highest BCUT2D eigenvalue weighted by molar-refractivity contribution is 6.30. The van der Waals surface area contributed by atoms with E-state index in [1.54, 1.807) is 0 Å². The summed E-state index contributed by atoms with van der Waals surface area (Å²) in [7, 11) is 0. The van der Waals surface area contributed by atoms with Crippen LogP contribution in [-0.2, 0) is 13.1 Å². The number of hydrogen-bond donors (Lipinski definition) is 2. The van der Waals surface area contributed by atoms with Crippen LogP contribution in [0.1, 0.15) is 11.6 Å². The lowest BCUT2D eigenvalue weighted by Crippen LogP contribution is -2.13. The van der Waals surface area contributed by atoms with Gasteiger partial charge in [0.25, 0.3) is 0 Å². The summed E-state index contributed by atoms with van der Waals surface area (Å²) in [6.45, 7) is 1.30. The standard InChI is InChI=1S/C19H16ClN3O/c20-14-7-5-13(6-8-14)18-10-9-15(24-18)11-21-12-19-22-16-3-1-2-4-17(16)23-19/h1-10,21H,11-12H2,(H,22,23). The molecule has 0 radical (unpaired) electrons. The van der Waals surface area contributed by atoms with Crippen molar-refractivity contribution in [2.75, 3.05) is 0 Å². The average Bonchev–Trinajstić information content (AvgIpc) is 3.22. The molecule has 0 aliphatic heterocycles. The molecule has 4 rings (SSSR count). The molecule has 0 bridgehead atoms. The molecule has 5 heteroatoms. The first kappa shape index (κ1) is 15.0. The lowest BCUT2D eigenvalue weighted by atomic mass is 10.2. The van der Waals surface area contributed by atoms with E-state index in [-0.39, 0.29) is 0 Å². The van der Waals surface area contributed by atoms with Gasteiger partial charge >= 0.3 is 0 Å². The van der Waals surface area contributed by atoms with Crippen molar-refractivity contribution >= 4 is 22.6 Å². The van der Waals surface area contributed by atoms with E-state index in [1.165, 1.54) is 0 Å². The molecule has 0 unspecified atom stereocenters. The van der Waals surface area contributed by atoms with Gasteiger partial charge in [-0.2, -0.15) is 0 Å². The van der Waals surface area contributed by atoms with Crippen molar-refractivity contribution in [3.05, 3.63) is 77.3 Å². The van der Waals surface area contributed by atoms with Crippen LogP contribution in [-0.4, -0.2) is 9.97 Å². The van der Waals surface area contributed by atoms with Gasteiger partial charge in [-0.05, 0) is 48.5 Å². The van der Waals surface area contributed by atoms with E-state index in [4.69, 9.17) is 16.0 Å². The summed E-state index contributed by atoms with van der Waals surface area (Å²) >= 11 is 5.91. The third-order valence-corrected chi connectivity index (χ3v) is 4.07. The number of para-hydroxylation sites is 2. The number of imidazole rings is 1. The van der Waals surface area contributed by atoms with Crippen molar-refractivity contribution in [1.82, 2.24) is 15.3 Å². The van der Waals surface area contributed by atoms with Gasteiger partial charge in [-0.1, -0.05) is 23.7 Å². The van der Waals surface area contributed by atoms with Crippen LogP contribution in [0, 0.1) is 0 Å². The third-order valence-electron chi connectivity index (χ3n) is 3.82. The Balaban J connectivity index is 1.38. The fourth-order valence-corrected chi connectivity index (χ4v) is 2.76. The zero-order valence-electron chi connectivity index (χ0n) is 12.9. The molecule has 0 fully saturated rings. The fraction of sp³-hybridized carbons (Fsp3) is 0.105. The monoisotopic (exact) mass is 337 g/mol. The minimum atomic E-state index is 0.643. The molecular formula is C19H16ClN3O. The van der Waals surface area contributed by atoms with Crippen LogP contribution in [0.3, 0.4) is 0 Å². The van der Waals surface area contributed by atoms with Gasteiger partial charge in [0.2, 0.25) is 0 Å². The number of furan rings is 1. The Morgan fingerprint density at radius 3 is 2.62 bits per heavy atom. The van der Waals surface area contributed by atoms with E-state index < -0.39 is 0 Å². The number of fused-ring (bicyclic) bond motifs is 1. The Kier molecular flexibility index (Phi) is 4.07. The topological polar surface area (TPSA) is 53.9 Å². The first-order valence-corrected chi connectivity index (χ1v) is 8.15. The average molecular weight is 338 g/mol. The summed E-state index contributed by atoms with van der Waals surface area (Å²) in [6, 6.07) is 19.6. The van der Waals surface area contributed by atoms with Gasteiger partial charge in [0.1, 0.15) is 17.3 Å². The maximum Gasteiger partial charge on any atom is 0.134 e. The van der Waals surface area contributed by atoms with E-state index in [0.29, 0.717) is 13.1 Å². The summed E-state index contributed by atoms with van der Waals surface area (Å²) in [4.78, 5) is 7.85. The first-order chi connectivity index (χ1) is 11.8. The van der Waals surface area contributed by atoms with Crippen molar-refractivity contribution in [1.29, 1.82) is 0 Å². The Morgan fingerprint density at radius 2 is 1.79 bits per heavy atom. The number of nitrogens with zero attached hydrogens (tertiary/aromatic N) is 1. The van der Waals surface area contributed by atoms with Crippen molar-refractivity contribution in [2.24, 2.45) is 0 Å². The summed E-state index contributed by atoms with van der Waals surface area (Å²) < 4.78 is 5.87. The van der Waals surface area contributed by atoms with Crippen molar-refractivity contribution in [3.63, 3.8) is 0 Å². The number of H-pyrrole nitrogens is 1. The molecule has 2 aromatic heterocycles. The second-order valence-corrected chi connectivity index (χ2v) is 6.01. The molecule has 120 valence electrons. The van der Waals surface area contributed by atoms with Crippen molar-refractivity contribution in [2.45, 2.75) is 13.1 Å². The molecule has 0 spiro atoms. The van der Waals surface area contributed by atoms with E-state index in [9.17, 15) is 0 Å². The van der Waals surface area contributed by atoms with E-state index in [0.717, 1.165) is 39.0 Å². The number of benzene rings is 2. The SMILES string of the molecule is Clc1ccc(-c2ccc(CNCc3nc4ccccc4[nH]3)o2)cc1. The normalized spacial score (nSPS) is 11.2. The van der Waals surface area contributed by atoms with Gasteiger partial charge in [0.15, 0.2) is 0 Å². The molecular weight excluding hydrogens is 322 g/mol. The van der Waals surface area contributed by atoms with Crippen LogP contribution in [0.4, 0.5) is 0 Å². The first-order valence-electron chi connectivity index (χ1n) is 7.77. The minimum absolute atomic E-state index is 0.643. The highest BCUT2D eigenvalue weighted by Gasteiger charge is 2.06. The van der Waals surface area contributed by atoms with Gasteiger partial charge in [-0.15, -0.1) is 0 Å². The lowest BCUT2D eigenvalue weighted by molar-refractivity contribution is 0.491. The largest absolute Gasteiger partial charge is 0.460 e. The Hall–Kier alpha value is -2.56. The molecule has 2 heterocycles. The number of halogens is 1. The van der Waals surface area contributed by atoms with Crippen LogP contribution < -0.4 is 5.32 Å². The summed E-state index contributed by atoms with van der Waals surface area (Å²) in [5, 5.41) is 4.06. The quantitative estimate of drug-likeness (QED) is 0.551. The summed E-state index contributed by atoms with van der Waals surface area (Å²) in [5.74, 6) is 2.64. The molecule has 0 aliphatic carbocycles. The van der Waals surface area contributed by atoms with Crippen molar-refractivity contribution < 1.29 is 4.42 Å². The molecule has 4 aromatic rings. The summed E-state index contributed by atoms with van der Waals surface area (Å²) in [6.07, 6.45) is 0. The minimum Gasteiger partial charge on any atom is -0.460 e. The molecule has 4 nitrogen and oxygen atoms in total. The number of aromatic nitrogens is 2. The van der Waals surface area contributed by atoms with Gasteiger partial charge in [-0.3, -0.25) is 0 Å². The van der Waals surface area contributed by atoms with Crippen LogP contribution >= 0.6 is 11.6 Å². The van der Waals surface area contributed by atoms with Gasteiger partial charge in [0, 0.05) is 10.6 Å². The predicted octanol–water partition coefficient (Wildman–Crippen LogP) is 4.77.